The number of nitrogens with one attached hydrogen (secondary N) is 2. The molecule has 1 aromatic carbocycles. The fourth-order valence-electron chi connectivity index (χ4n) is 3.88. The van der Waals surface area contributed by atoms with Crippen molar-refractivity contribution < 1.29 is 13.6 Å². The lowest BCUT2D eigenvalue weighted by Gasteiger charge is -2.19. The van der Waals surface area contributed by atoms with Gasteiger partial charge in [-0.1, -0.05) is 0 Å². The first-order valence-corrected chi connectivity index (χ1v) is 10.6. The molecule has 1 atom stereocenters. The summed E-state index contributed by atoms with van der Waals surface area (Å²) in [6, 6.07) is 4.07. The summed E-state index contributed by atoms with van der Waals surface area (Å²) in [7, 11) is 0. The third kappa shape index (κ3) is 6.05. The minimum atomic E-state index is -0.815. The third-order valence-corrected chi connectivity index (χ3v) is 5.47. The molecule has 1 amide bonds. The number of halogens is 2. The number of nitrogens with zero attached hydrogens (tertiary/aromatic N) is 3. The molecular formula is C21H31F2N5O. The Hall–Kier alpha value is -2.38. The van der Waals surface area contributed by atoms with Crippen molar-refractivity contribution in [3.8, 4) is 0 Å². The van der Waals surface area contributed by atoms with Gasteiger partial charge in [-0.25, -0.2) is 8.78 Å². The van der Waals surface area contributed by atoms with Gasteiger partial charge in [-0.15, -0.1) is 0 Å². The van der Waals surface area contributed by atoms with Crippen LogP contribution < -0.4 is 15.5 Å². The molecule has 2 aliphatic heterocycles. The number of aliphatic imine (C=N–C) groups is 1. The van der Waals surface area contributed by atoms with Gasteiger partial charge in [0.1, 0.15) is 0 Å². The number of anilines is 1. The summed E-state index contributed by atoms with van der Waals surface area (Å²) in [6.45, 7) is 7.52. The van der Waals surface area contributed by atoms with Crippen LogP contribution in [0.1, 0.15) is 32.6 Å². The molecule has 3 rings (SSSR count). The van der Waals surface area contributed by atoms with Crippen molar-refractivity contribution in [1.82, 2.24) is 15.5 Å². The van der Waals surface area contributed by atoms with E-state index in [1.807, 2.05) is 11.8 Å². The van der Waals surface area contributed by atoms with Crippen LogP contribution in [0.5, 0.6) is 0 Å². The molecule has 0 radical (unpaired) electrons. The molecule has 6 nitrogen and oxygen atoms in total. The number of hydrogen-bond acceptors (Lipinski definition) is 3. The van der Waals surface area contributed by atoms with E-state index in [0.29, 0.717) is 18.9 Å². The van der Waals surface area contributed by atoms with Crippen LogP contribution in [0.2, 0.25) is 0 Å². The number of hydrogen-bond donors (Lipinski definition) is 2. The van der Waals surface area contributed by atoms with E-state index in [4.69, 9.17) is 4.99 Å². The summed E-state index contributed by atoms with van der Waals surface area (Å²) in [5.74, 6) is -0.201. The molecule has 2 saturated heterocycles. The SMILES string of the molecule is CCNC(=NCC1CCN(c2ccc(F)c(F)c2)C1)NCCCN1CCCC1=O. The van der Waals surface area contributed by atoms with Gasteiger partial charge < -0.3 is 20.4 Å². The molecule has 2 fully saturated rings. The highest BCUT2D eigenvalue weighted by molar-refractivity contribution is 5.79. The van der Waals surface area contributed by atoms with E-state index >= 15 is 0 Å². The van der Waals surface area contributed by atoms with Gasteiger partial charge in [0, 0.05) is 64.0 Å². The molecule has 1 aromatic rings. The van der Waals surface area contributed by atoms with Crippen LogP contribution in [0, 0.1) is 17.6 Å². The Balaban J connectivity index is 1.43. The second kappa shape index (κ2) is 10.4. The highest BCUT2D eigenvalue weighted by Gasteiger charge is 2.23. The first-order chi connectivity index (χ1) is 14.1. The fraction of sp³-hybridized carbons (Fsp3) is 0.619. The highest BCUT2D eigenvalue weighted by atomic mass is 19.2. The Bertz CT molecular complexity index is 727. The number of rotatable bonds is 8. The molecule has 0 aliphatic carbocycles. The van der Waals surface area contributed by atoms with Gasteiger partial charge in [0.15, 0.2) is 17.6 Å². The Labute approximate surface area is 171 Å². The van der Waals surface area contributed by atoms with Crippen LogP contribution in [-0.4, -0.2) is 62.6 Å². The minimum Gasteiger partial charge on any atom is -0.371 e. The van der Waals surface area contributed by atoms with E-state index in [-0.39, 0.29) is 5.91 Å². The summed E-state index contributed by atoms with van der Waals surface area (Å²) >= 11 is 0. The van der Waals surface area contributed by atoms with Crippen molar-refractivity contribution in [2.45, 2.75) is 32.6 Å². The number of carbonyl (C=O) groups excluding carboxylic acids is 1. The first kappa shape index (κ1) is 21.3. The lowest BCUT2D eigenvalue weighted by molar-refractivity contribution is -0.127. The van der Waals surface area contributed by atoms with Gasteiger partial charge >= 0.3 is 0 Å². The first-order valence-electron chi connectivity index (χ1n) is 10.6. The van der Waals surface area contributed by atoms with E-state index in [9.17, 15) is 13.6 Å². The number of carbonyl (C=O) groups is 1. The topological polar surface area (TPSA) is 60.0 Å². The van der Waals surface area contributed by atoms with E-state index < -0.39 is 11.6 Å². The number of guanidine groups is 1. The zero-order valence-electron chi connectivity index (χ0n) is 17.1. The molecule has 2 heterocycles. The van der Waals surface area contributed by atoms with Crippen LogP contribution in [0.3, 0.4) is 0 Å². The van der Waals surface area contributed by atoms with E-state index in [1.165, 1.54) is 12.1 Å². The molecule has 0 bridgehead atoms. The van der Waals surface area contributed by atoms with Crippen molar-refractivity contribution in [2.24, 2.45) is 10.9 Å². The van der Waals surface area contributed by atoms with Gasteiger partial charge in [-0.3, -0.25) is 9.79 Å². The molecule has 2 N–H and O–H groups in total. The molecule has 8 heteroatoms. The largest absolute Gasteiger partial charge is 0.371 e. The minimum absolute atomic E-state index is 0.261. The molecule has 29 heavy (non-hydrogen) atoms. The quantitative estimate of drug-likeness (QED) is 0.395. The standard InChI is InChI=1S/C21H31F2N5O/c1-2-24-21(25-9-4-11-27-10-3-5-20(27)29)26-14-16-8-12-28(15-16)17-6-7-18(22)19(23)13-17/h6-7,13,16H,2-5,8-12,14-15H2,1H3,(H2,24,25,26). The predicted octanol–water partition coefficient (Wildman–Crippen LogP) is 2.36. The van der Waals surface area contributed by atoms with Gasteiger partial charge in [0.05, 0.1) is 0 Å². The third-order valence-electron chi connectivity index (χ3n) is 5.47. The molecular weight excluding hydrogens is 376 g/mol. The Morgan fingerprint density at radius 3 is 2.83 bits per heavy atom. The van der Waals surface area contributed by atoms with Crippen molar-refractivity contribution in [2.75, 3.05) is 50.7 Å². The summed E-state index contributed by atoms with van der Waals surface area (Å²) in [6.07, 6.45) is 3.52. The average Bonchev–Trinajstić information content (AvgIpc) is 3.34. The Morgan fingerprint density at radius 1 is 1.24 bits per heavy atom. The zero-order chi connectivity index (χ0) is 20.6. The number of amides is 1. The predicted molar refractivity (Wildman–Crippen MR) is 111 cm³/mol. The maximum Gasteiger partial charge on any atom is 0.222 e. The average molecular weight is 408 g/mol. The zero-order valence-corrected chi connectivity index (χ0v) is 17.1. The second-order valence-corrected chi connectivity index (χ2v) is 7.68. The molecule has 0 saturated carbocycles. The van der Waals surface area contributed by atoms with E-state index in [2.05, 4.69) is 15.5 Å². The van der Waals surface area contributed by atoms with Gasteiger partial charge in [0.2, 0.25) is 5.91 Å². The molecule has 160 valence electrons. The van der Waals surface area contributed by atoms with E-state index in [0.717, 1.165) is 70.2 Å². The summed E-state index contributed by atoms with van der Waals surface area (Å²) in [4.78, 5) is 20.3. The van der Waals surface area contributed by atoms with Crippen LogP contribution >= 0.6 is 0 Å². The van der Waals surface area contributed by atoms with Crippen LogP contribution in [-0.2, 0) is 4.79 Å². The monoisotopic (exact) mass is 407 g/mol. The fourth-order valence-corrected chi connectivity index (χ4v) is 3.88. The molecule has 2 aliphatic rings. The van der Waals surface area contributed by atoms with Crippen molar-refractivity contribution in [1.29, 1.82) is 0 Å². The maximum atomic E-state index is 13.5. The van der Waals surface area contributed by atoms with Crippen LogP contribution in [0.25, 0.3) is 0 Å². The van der Waals surface area contributed by atoms with Crippen molar-refractivity contribution in [3.05, 3.63) is 29.8 Å². The van der Waals surface area contributed by atoms with Crippen molar-refractivity contribution in [3.63, 3.8) is 0 Å². The lowest BCUT2D eigenvalue weighted by atomic mass is 10.1. The van der Waals surface area contributed by atoms with Crippen LogP contribution in [0.15, 0.2) is 23.2 Å². The Kier molecular flexibility index (Phi) is 7.66. The summed E-state index contributed by atoms with van der Waals surface area (Å²) in [5.41, 5.74) is 0.719. The smallest absolute Gasteiger partial charge is 0.222 e. The Morgan fingerprint density at radius 2 is 2.10 bits per heavy atom. The second-order valence-electron chi connectivity index (χ2n) is 7.68. The van der Waals surface area contributed by atoms with E-state index in [1.54, 1.807) is 6.07 Å². The summed E-state index contributed by atoms with van der Waals surface area (Å²) < 4.78 is 26.6. The molecule has 0 spiro atoms. The summed E-state index contributed by atoms with van der Waals surface area (Å²) in [5, 5.41) is 6.59. The normalized spacial score (nSPS) is 19.9. The van der Waals surface area contributed by atoms with Crippen LogP contribution in [0.4, 0.5) is 14.5 Å². The molecule has 0 aromatic heterocycles. The lowest BCUT2D eigenvalue weighted by Crippen LogP contribution is -2.39. The van der Waals surface area contributed by atoms with Gasteiger partial charge in [0.25, 0.3) is 0 Å². The highest BCUT2D eigenvalue weighted by Crippen LogP contribution is 2.25. The maximum absolute atomic E-state index is 13.5. The van der Waals surface area contributed by atoms with Crippen molar-refractivity contribution >= 4 is 17.6 Å². The number of benzene rings is 1. The van der Waals surface area contributed by atoms with Gasteiger partial charge in [-0.05, 0) is 44.2 Å². The number of likely N-dealkylation sites (tertiary alicyclic amines) is 1. The molecule has 1 unspecified atom stereocenters. The van der Waals surface area contributed by atoms with Gasteiger partial charge in [-0.2, -0.15) is 0 Å².